The van der Waals surface area contributed by atoms with Crippen molar-refractivity contribution in [2.75, 3.05) is 11.9 Å². The summed E-state index contributed by atoms with van der Waals surface area (Å²) >= 11 is 1.43. The van der Waals surface area contributed by atoms with Crippen molar-refractivity contribution in [3.05, 3.63) is 64.5 Å². The third-order valence-electron chi connectivity index (χ3n) is 4.34. The number of rotatable bonds is 7. The second kappa shape index (κ2) is 8.82. The Bertz CT molecular complexity index is 916. The van der Waals surface area contributed by atoms with Crippen molar-refractivity contribution in [2.24, 2.45) is 0 Å². The van der Waals surface area contributed by atoms with Crippen LogP contribution in [0.4, 0.5) is 5.13 Å². The van der Waals surface area contributed by atoms with E-state index in [0.29, 0.717) is 11.7 Å². The molecule has 4 nitrogen and oxygen atoms in total. The Balaban J connectivity index is 1.52. The summed E-state index contributed by atoms with van der Waals surface area (Å²) < 4.78 is 5.74. The van der Waals surface area contributed by atoms with Gasteiger partial charge in [-0.15, -0.1) is 11.3 Å². The first-order valence-electron chi connectivity index (χ1n) is 9.10. The van der Waals surface area contributed by atoms with E-state index < -0.39 is 0 Å². The van der Waals surface area contributed by atoms with Crippen molar-refractivity contribution in [1.29, 1.82) is 0 Å². The maximum atomic E-state index is 12.2. The van der Waals surface area contributed by atoms with Crippen LogP contribution < -0.4 is 10.1 Å². The minimum absolute atomic E-state index is 0.0949. The molecule has 0 aliphatic rings. The quantitative estimate of drug-likeness (QED) is 0.597. The van der Waals surface area contributed by atoms with Crippen LogP contribution in [0.15, 0.2) is 47.8 Å². The molecule has 0 aliphatic heterocycles. The Kier molecular flexibility index (Phi) is 6.24. The fourth-order valence-electron chi connectivity index (χ4n) is 2.67. The number of nitrogens with one attached hydrogen (secondary N) is 1. The summed E-state index contributed by atoms with van der Waals surface area (Å²) in [5.74, 6) is 0.734. The normalized spacial score (nSPS) is 10.6. The van der Waals surface area contributed by atoms with Gasteiger partial charge in [0.2, 0.25) is 5.91 Å². The predicted molar refractivity (Wildman–Crippen MR) is 112 cm³/mol. The van der Waals surface area contributed by atoms with E-state index in [1.54, 1.807) is 0 Å². The second-order valence-electron chi connectivity index (χ2n) is 6.50. The molecule has 1 amide bonds. The van der Waals surface area contributed by atoms with Crippen LogP contribution in [0, 0.1) is 13.8 Å². The van der Waals surface area contributed by atoms with Gasteiger partial charge in [0, 0.05) is 10.9 Å². The highest BCUT2D eigenvalue weighted by Gasteiger charge is 2.09. The molecule has 0 bridgehead atoms. The van der Waals surface area contributed by atoms with Gasteiger partial charge in [0.1, 0.15) is 5.75 Å². The van der Waals surface area contributed by atoms with Gasteiger partial charge < -0.3 is 10.1 Å². The maximum absolute atomic E-state index is 12.2. The minimum atomic E-state index is -0.0949. The number of amides is 1. The summed E-state index contributed by atoms with van der Waals surface area (Å²) in [6.45, 7) is 6.50. The highest BCUT2D eigenvalue weighted by molar-refractivity contribution is 7.14. The van der Waals surface area contributed by atoms with Crippen molar-refractivity contribution in [3.8, 4) is 17.0 Å². The Hall–Kier alpha value is -2.66. The number of nitrogens with zero attached hydrogens (tertiary/aromatic N) is 1. The number of anilines is 1. The van der Waals surface area contributed by atoms with Crippen molar-refractivity contribution < 1.29 is 9.53 Å². The molecular formula is C22H24N2O2S. The third-order valence-corrected chi connectivity index (χ3v) is 5.10. The van der Waals surface area contributed by atoms with Crippen LogP contribution in [0.1, 0.15) is 30.0 Å². The number of aromatic nitrogens is 1. The van der Waals surface area contributed by atoms with Crippen LogP contribution in [0.2, 0.25) is 0 Å². The van der Waals surface area contributed by atoms with Gasteiger partial charge >= 0.3 is 0 Å². The van der Waals surface area contributed by atoms with Crippen molar-refractivity contribution in [1.82, 2.24) is 4.98 Å². The molecule has 0 spiro atoms. The summed E-state index contributed by atoms with van der Waals surface area (Å²) in [7, 11) is 0. The first-order chi connectivity index (χ1) is 13.0. The second-order valence-corrected chi connectivity index (χ2v) is 7.36. The van der Waals surface area contributed by atoms with Crippen LogP contribution >= 0.6 is 11.3 Å². The van der Waals surface area contributed by atoms with E-state index in [1.165, 1.54) is 16.9 Å². The van der Waals surface area contributed by atoms with E-state index in [4.69, 9.17) is 4.74 Å². The van der Waals surface area contributed by atoms with Gasteiger partial charge in [-0.2, -0.15) is 0 Å². The third kappa shape index (κ3) is 5.17. The molecule has 0 saturated heterocycles. The number of ether oxygens (including phenoxy) is 1. The first kappa shape index (κ1) is 19.1. The number of hydrogen-bond acceptors (Lipinski definition) is 4. The minimum Gasteiger partial charge on any atom is -0.493 e. The van der Waals surface area contributed by atoms with Gasteiger partial charge in [0.05, 0.1) is 18.7 Å². The van der Waals surface area contributed by atoms with E-state index in [9.17, 15) is 4.79 Å². The lowest BCUT2D eigenvalue weighted by atomic mass is 10.1. The number of carbonyl (C=O) groups is 1. The van der Waals surface area contributed by atoms with Gasteiger partial charge in [-0.25, -0.2) is 4.98 Å². The largest absolute Gasteiger partial charge is 0.493 e. The van der Waals surface area contributed by atoms with Gasteiger partial charge in [0.15, 0.2) is 5.13 Å². The molecule has 1 aromatic heterocycles. The number of aryl methyl sites for hydroxylation is 3. The van der Waals surface area contributed by atoms with E-state index >= 15 is 0 Å². The van der Waals surface area contributed by atoms with Crippen LogP contribution in [-0.2, 0) is 11.2 Å². The Morgan fingerprint density at radius 2 is 1.93 bits per heavy atom. The first-order valence-corrected chi connectivity index (χ1v) is 9.98. The molecule has 0 saturated carbocycles. The average molecular weight is 381 g/mol. The zero-order valence-electron chi connectivity index (χ0n) is 15.9. The smallest absolute Gasteiger partial charge is 0.229 e. The molecule has 5 heteroatoms. The molecule has 0 atom stereocenters. The summed E-state index contributed by atoms with van der Waals surface area (Å²) in [6.07, 6.45) is 1.30. The number of hydrogen-bond donors (Lipinski definition) is 1. The molecule has 1 N–H and O–H groups in total. The number of benzene rings is 2. The summed E-state index contributed by atoms with van der Waals surface area (Å²) in [4.78, 5) is 16.7. The molecule has 2 aromatic carbocycles. The zero-order valence-corrected chi connectivity index (χ0v) is 16.7. The van der Waals surface area contributed by atoms with E-state index in [0.717, 1.165) is 34.6 Å². The summed E-state index contributed by atoms with van der Waals surface area (Å²) in [5.41, 5.74) is 5.44. The lowest BCUT2D eigenvalue weighted by molar-refractivity contribution is -0.116. The lowest BCUT2D eigenvalue weighted by Gasteiger charge is -2.09. The zero-order chi connectivity index (χ0) is 19.2. The monoisotopic (exact) mass is 380 g/mol. The van der Waals surface area contributed by atoms with Crippen molar-refractivity contribution in [2.45, 2.75) is 33.6 Å². The summed E-state index contributed by atoms with van der Waals surface area (Å²) in [6, 6.07) is 14.4. The topological polar surface area (TPSA) is 51.2 Å². The van der Waals surface area contributed by atoms with E-state index in [-0.39, 0.29) is 12.3 Å². The van der Waals surface area contributed by atoms with Crippen molar-refractivity contribution in [3.63, 3.8) is 0 Å². The fourth-order valence-corrected chi connectivity index (χ4v) is 3.41. The molecule has 27 heavy (non-hydrogen) atoms. The molecule has 3 aromatic rings. The Morgan fingerprint density at radius 3 is 2.67 bits per heavy atom. The van der Waals surface area contributed by atoms with Crippen LogP contribution in [-0.4, -0.2) is 17.5 Å². The highest BCUT2D eigenvalue weighted by atomic mass is 32.1. The highest BCUT2D eigenvalue weighted by Crippen LogP contribution is 2.25. The van der Waals surface area contributed by atoms with Crippen LogP contribution in [0.25, 0.3) is 11.3 Å². The SMILES string of the molecule is CCc1ccc(-c2csc(NC(=O)CCOc3cc(C)ccc3C)n2)cc1. The van der Waals surface area contributed by atoms with E-state index in [2.05, 4.69) is 41.5 Å². The number of thiazole rings is 1. The average Bonchev–Trinajstić information content (AvgIpc) is 3.13. The molecule has 140 valence electrons. The Labute approximate surface area is 164 Å². The molecular weight excluding hydrogens is 356 g/mol. The fraction of sp³-hybridized carbons (Fsp3) is 0.273. The van der Waals surface area contributed by atoms with Crippen LogP contribution in [0.3, 0.4) is 0 Å². The molecule has 0 aliphatic carbocycles. The molecule has 1 heterocycles. The van der Waals surface area contributed by atoms with Gasteiger partial charge in [0.25, 0.3) is 0 Å². The molecule has 0 unspecified atom stereocenters. The molecule has 3 rings (SSSR count). The maximum Gasteiger partial charge on any atom is 0.229 e. The van der Waals surface area contributed by atoms with Gasteiger partial charge in [-0.1, -0.05) is 43.3 Å². The van der Waals surface area contributed by atoms with E-state index in [1.807, 2.05) is 37.4 Å². The molecule has 0 fully saturated rings. The van der Waals surface area contributed by atoms with Crippen molar-refractivity contribution >= 4 is 22.4 Å². The lowest BCUT2D eigenvalue weighted by Crippen LogP contribution is -2.15. The van der Waals surface area contributed by atoms with Gasteiger partial charge in [-0.05, 0) is 43.0 Å². The Morgan fingerprint density at radius 1 is 1.15 bits per heavy atom. The van der Waals surface area contributed by atoms with Gasteiger partial charge in [-0.3, -0.25) is 4.79 Å². The predicted octanol–water partition coefficient (Wildman–Crippen LogP) is 5.40. The van der Waals surface area contributed by atoms with Crippen LogP contribution in [0.5, 0.6) is 5.75 Å². The number of carbonyl (C=O) groups excluding carboxylic acids is 1. The molecule has 0 radical (unpaired) electrons. The summed E-state index contributed by atoms with van der Waals surface area (Å²) in [5, 5.41) is 5.43. The standard InChI is InChI=1S/C22H24N2O2S/c1-4-17-7-9-18(10-8-17)19-14-27-22(23-19)24-21(25)11-12-26-20-13-15(2)5-6-16(20)3/h5-10,13-14H,4,11-12H2,1-3H3,(H,23,24,25).